The molecule has 35 heavy (non-hydrogen) atoms. The van der Waals surface area contributed by atoms with E-state index >= 15 is 0 Å². The third kappa shape index (κ3) is 5.60. The van der Waals surface area contributed by atoms with Gasteiger partial charge in [-0.15, -0.1) is 0 Å². The average Bonchev–Trinajstić information content (AvgIpc) is 3.25. The van der Waals surface area contributed by atoms with Gasteiger partial charge in [0.1, 0.15) is 22.9 Å². The van der Waals surface area contributed by atoms with Crippen LogP contribution in [0.3, 0.4) is 0 Å². The molecule has 2 unspecified atom stereocenters. The van der Waals surface area contributed by atoms with Gasteiger partial charge in [-0.2, -0.15) is 8.78 Å². The van der Waals surface area contributed by atoms with Crippen molar-refractivity contribution in [1.29, 1.82) is 0 Å². The van der Waals surface area contributed by atoms with E-state index in [1.165, 1.54) is 0 Å². The summed E-state index contributed by atoms with van der Waals surface area (Å²) >= 11 is 0. The fourth-order valence-electron chi connectivity index (χ4n) is 5.34. The highest BCUT2D eigenvalue weighted by molar-refractivity contribution is 5.33. The van der Waals surface area contributed by atoms with Gasteiger partial charge >= 0.3 is 6.11 Å². The molecule has 0 radical (unpaired) electrons. The minimum absolute atomic E-state index is 0.174. The largest absolute Gasteiger partial charge is 0.432 e. The van der Waals surface area contributed by atoms with Crippen LogP contribution in [0.1, 0.15) is 75.3 Å². The molecule has 0 N–H and O–H groups in total. The molecule has 2 aromatic carbocycles. The molecule has 2 aliphatic rings. The number of halogens is 7. The molecule has 2 nitrogen and oxygen atoms in total. The van der Waals surface area contributed by atoms with Crippen LogP contribution in [0, 0.1) is 35.0 Å². The zero-order chi connectivity index (χ0) is 25.3. The lowest BCUT2D eigenvalue weighted by Crippen LogP contribution is -2.27. The van der Waals surface area contributed by atoms with Gasteiger partial charge in [-0.25, -0.2) is 22.0 Å². The highest BCUT2D eigenvalue weighted by atomic mass is 19.3. The zero-order valence-corrected chi connectivity index (χ0v) is 19.2. The van der Waals surface area contributed by atoms with Crippen LogP contribution in [0.5, 0.6) is 5.75 Å². The summed E-state index contributed by atoms with van der Waals surface area (Å²) in [5, 5.41) is 0. The molecule has 0 spiro atoms. The lowest BCUT2D eigenvalue weighted by Gasteiger charge is -2.32. The first kappa shape index (κ1) is 25.8. The lowest BCUT2D eigenvalue weighted by molar-refractivity contribution is -0.189. The van der Waals surface area contributed by atoms with Crippen molar-refractivity contribution >= 4 is 0 Å². The first-order valence-corrected chi connectivity index (χ1v) is 11.9. The molecule has 2 aromatic rings. The Hall–Kier alpha value is -2.29. The summed E-state index contributed by atoms with van der Waals surface area (Å²) in [6, 6.07) is 2.06. The lowest BCUT2D eigenvalue weighted by atomic mass is 9.76. The molecule has 0 aromatic heterocycles. The molecule has 1 saturated heterocycles. The van der Waals surface area contributed by atoms with Crippen LogP contribution in [0.4, 0.5) is 30.7 Å². The summed E-state index contributed by atoms with van der Waals surface area (Å²) in [6.07, 6.45) is 3.01. The minimum atomic E-state index is -4.59. The van der Waals surface area contributed by atoms with Crippen LogP contribution in [0.2, 0.25) is 0 Å². The van der Waals surface area contributed by atoms with Crippen molar-refractivity contribution < 1.29 is 40.2 Å². The molecule has 192 valence electrons. The van der Waals surface area contributed by atoms with Gasteiger partial charge in [0.2, 0.25) is 0 Å². The number of ether oxygens (including phenoxy) is 2. The summed E-state index contributed by atoms with van der Waals surface area (Å²) in [4.78, 5) is 0. The van der Waals surface area contributed by atoms with E-state index in [1.807, 2.05) is 0 Å². The highest BCUT2D eigenvalue weighted by Crippen LogP contribution is 2.43. The van der Waals surface area contributed by atoms with Crippen molar-refractivity contribution in [3.05, 3.63) is 64.5 Å². The van der Waals surface area contributed by atoms with E-state index in [9.17, 15) is 30.7 Å². The van der Waals surface area contributed by atoms with Gasteiger partial charge in [0.25, 0.3) is 0 Å². The number of hydrogen-bond donors (Lipinski definition) is 0. The first-order chi connectivity index (χ1) is 16.6. The Morgan fingerprint density at radius 2 is 1.43 bits per heavy atom. The van der Waals surface area contributed by atoms with E-state index in [2.05, 4.69) is 11.7 Å². The summed E-state index contributed by atoms with van der Waals surface area (Å²) < 4.78 is 109. The van der Waals surface area contributed by atoms with E-state index < -0.39 is 46.5 Å². The SMILES string of the molecule is CCCC1CCC(C2CCC(c3cc(F)c(C(F)(F)Oc4cc(F)c(F)c(F)c4)c(F)c3)CC2)O1. The fourth-order valence-corrected chi connectivity index (χ4v) is 5.34. The molecule has 2 atom stereocenters. The van der Waals surface area contributed by atoms with Crippen LogP contribution in [-0.4, -0.2) is 12.2 Å². The minimum Gasteiger partial charge on any atom is -0.429 e. The second-order valence-corrected chi connectivity index (χ2v) is 9.45. The maximum absolute atomic E-state index is 14.7. The summed E-state index contributed by atoms with van der Waals surface area (Å²) in [7, 11) is 0. The highest BCUT2D eigenvalue weighted by Gasteiger charge is 2.42. The molecule has 9 heteroatoms. The van der Waals surface area contributed by atoms with Crippen molar-refractivity contribution in [2.75, 3.05) is 0 Å². The summed E-state index contributed by atoms with van der Waals surface area (Å²) in [5.41, 5.74) is -1.41. The molecule has 0 bridgehead atoms. The number of hydrogen-bond acceptors (Lipinski definition) is 2. The normalized spacial score (nSPS) is 25.1. The van der Waals surface area contributed by atoms with Crippen molar-refractivity contribution in [2.24, 2.45) is 5.92 Å². The Morgan fingerprint density at radius 1 is 0.829 bits per heavy atom. The van der Waals surface area contributed by atoms with Gasteiger partial charge in [-0.3, -0.25) is 0 Å². The van der Waals surface area contributed by atoms with Gasteiger partial charge < -0.3 is 9.47 Å². The molecule has 1 saturated carbocycles. The van der Waals surface area contributed by atoms with Crippen molar-refractivity contribution in [3.8, 4) is 5.75 Å². The van der Waals surface area contributed by atoms with Crippen molar-refractivity contribution in [1.82, 2.24) is 0 Å². The third-order valence-corrected chi connectivity index (χ3v) is 7.08. The Bertz CT molecular complexity index is 1000. The van der Waals surface area contributed by atoms with Crippen LogP contribution >= 0.6 is 0 Å². The number of benzene rings is 2. The molecular formula is C26H27F7O2. The predicted octanol–water partition coefficient (Wildman–Crippen LogP) is 8.13. The van der Waals surface area contributed by atoms with Gasteiger partial charge in [0.15, 0.2) is 17.5 Å². The Labute approximate surface area is 199 Å². The van der Waals surface area contributed by atoms with Crippen LogP contribution in [0.25, 0.3) is 0 Å². The maximum atomic E-state index is 14.7. The van der Waals surface area contributed by atoms with E-state index in [-0.39, 0.29) is 29.7 Å². The molecule has 1 heterocycles. The monoisotopic (exact) mass is 504 g/mol. The summed E-state index contributed by atoms with van der Waals surface area (Å²) in [5.74, 6) is -9.41. The topological polar surface area (TPSA) is 18.5 Å². The number of alkyl halides is 2. The average molecular weight is 504 g/mol. The smallest absolute Gasteiger partial charge is 0.429 e. The van der Waals surface area contributed by atoms with Crippen LogP contribution < -0.4 is 4.74 Å². The van der Waals surface area contributed by atoms with Crippen molar-refractivity contribution in [2.45, 2.75) is 82.5 Å². The van der Waals surface area contributed by atoms with Crippen molar-refractivity contribution in [3.63, 3.8) is 0 Å². The second-order valence-electron chi connectivity index (χ2n) is 9.45. The molecular weight excluding hydrogens is 477 g/mol. The summed E-state index contributed by atoms with van der Waals surface area (Å²) in [6.45, 7) is 2.12. The Balaban J connectivity index is 1.44. The Morgan fingerprint density at radius 3 is 2.00 bits per heavy atom. The van der Waals surface area contributed by atoms with E-state index in [0.29, 0.717) is 24.9 Å². The van der Waals surface area contributed by atoms with E-state index in [4.69, 9.17) is 4.74 Å². The van der Waals surface area contributed by atoms with Crippen LogP contribution in [-0.2, 0) is 10.8 Å². The molecule has 1 aliphatic carbocycles. The molecule has 4 rings (SSSR count). The first-order valence-electron chi connectivity index (χ1n) is 11.9. The van der Waals surface area contributed by atoms with Gasteiger partial charge in [0, 0.05) is 12.1 Å². The Kier molecular flexibility index (Phi) is 7.64. The number of rotatable bonds is 7. The quantitative estimate of drug-likeness (QED) is 0.280. The standard InChI is InChI=1S/C26H27F7O2/c1-2-3-17-8-9-23(34-17)15-6-4-14(5-7-15)16-10-19(27)24(20(28)11-16)26(32,33)35-18-12-21(29)25(31)22(30)13-18/h10-15,17,23H,2-9H2,1H3. The third-order valence-electron chi connectivity index (χ3n) is 7.08. The van der Waals surface area contributed by atoms with Crippen LogP contribution in [0.15, 0.2) is 24.3 Å². The maximum Gasteiger partial charge on any atom is 0.432 e. The van der Waals surface area contributed by atoms with Gasteiger partial charge in [-0.05, 0) is 74.5 Å². The molecule has 2 fully saturated rings. The van der Waals surface area contributed by atoms with E-state index in [0.717, 1.165) is 50.7 Å². The predicted molar refractivity (Wildman–Crippen MR) is 115 cm³/mol. The zero-order valence-electron chi connectivity index (χ0n) is 19.2. The molecule has 0 amide bonds. The van der Waals surface area contributed by atoms with Gasteiger partial charge in [0.05, 0.1) is 12.2 Å². The van der Waals surface area contributed by atoms with Gasteiger partial charge in [-0.1, -0.05) is 13.3 Å². The second kappa shape index (κ2) is 10.4. The van der Waals surface area contributed by atoms with E-state index in [1.54, 1.807) is 0 Å². The fraction of sp³-hybridized carbons (Fsp3) is 0.538. The molecule has 1 aliphatic heterocycles.